The molecule has 1 N–H and O–H groups in total. The molecule has 0 spiro atoms. The van der Waals surface area contributed by atoms with Gasteiger partial charge < -0.3 is 24.1 Å². The van der Waals surface area contributed by atoms with Crippen LogP contribution in [0.4, 0.5) is 0 Å². The van der Waals surface area contributed by atoms with Gasteiger partial charge in [0.15, 0.2) is 0 Å². The molecule has 0 radical (unpaired) electrons. The first-order valence-electron chi connectivity index (χ1n) is 5.59. The van der Waals surface area contributed by atoms with Gasteiger partial charge in [0.2, 0.25) is 0 Å². The van der Waals surface area contributed by atoms with Gasteiger partial charge in [-0.05, 0) is 6.42 Å². The molecule has 0 aliphatic carbocycles. The number of aliphatic carboxylic acids is 1. The molecule has 1 unspecified atom stereocenters. The van der Waals surface area contributed by atoms with Crippen LogP contribution in [0.15, 0.2) is 0 Å². The Hall–Kier alpha value is -1.18. The Morgan fingerprint density at radius 2 is 2.00 bits per heavy atom. The van der Waals surface area contributed by atoms with Crippen LogP contribution < -0.4 is 0 Å². The van der Waals surface area contributed by atoms with Crippen LogP contribution in [0, 0.1) is 0 Å². The molecule has 18 heavy (non-hydrogen) atoms. The molecule has 0 heterocycles. The van der Waals surface area contributed by atoms with E-state index >= 15 is 0 Å². The molecule has 0 bridgehead atoms. The fourth-order valence-corrected chi connectivity index (χ4v) is 1.07. The minimum atomic E-state index is -0.855. The molecule has 0 saturated heterocycles. The van der Waals surface area contributed by atoms with Crippen LogP contribution in [0.2, 0.25) is 0 Å². The van der Waals surface area contributed by atoms with Gasteiger partial charge in [0.1, 0.15) is 19.5 Å². The van der Waals surface area contributed by atoms with E-state index in [2.05, 4.69) is 0 Å². The zero-order chi connectivity index (χ0) is 13.8. The van der Waals surface area contributed by atoms with Crippen LogP contribution in [0.3, 0.4) is 0 Å². The lowest BCUT2D eigenvalue weighted by atomic mass is 10.3. The minimum absolute atomic E-state index is 0.00884. The average Bonchev–Trinajstić information content (AvgIpc) is 2.29. The van der Waals surface area contributed by atoms with E-state index in [9.17, 15) is 9.59 Å². The molecule has 0 amide bonds. The van der Waals surface area contributed by atoms with Gasteiger partial charge in [-0.3, -0.25) is 9.59 Å². The summed E-state index contributed by atoms with van der Waals surface area (Å²) in [7, 11) is 1.51. The molecule has 0 aromatic heterocycles. The van der Waals surface area contributed by atoms with Crippen LogP contribution in [0.1, 0.15) is 19.8 Å². The maximum atomic E-state index is 10.6. The van der Waals surface area contributed by atoms with Crippen LogP contribution in [0.25, 0.3) is 0 Å². The highest BCUT2D eigenvalue weighted by Gasteiger charge is 2.10. The average molecular weight is 264 g/mol. The predicted octanol–water partition coefficient (Wildman–Crippen LogP) is 0.420. The summed E-state index contributed by atoms with van der Waals surface area (Å²) in [4.78, 5) is 20.8. The Bertz CT molecular complexity index is 242. The van der Waals surface area contributed by atoms with Crippen molar-refractivity contribution in [3.05, 3.63) is 0 Å². The number of carbonyl (C=O) groups is 2. The summed E-state index contributed by atoms with van der Waals surface area (Å²) in [6, 6.07) is 0. The molecular weight excluding hydrogens is 244 g/mol. The summed E-state index contributed by atoms with van der Waals surface area (Å²) in [6.07, 6.45) is 0.102. The zero-order valence-corrected chi connectivity index (χ0v) is 10.7. The Balaban J connectivity index is 3.56. The van der Waals surface area contributed by atoms with Gasteiger partial charge in [0, 0.05) is 27.1 Å². The Labute approximate surface area is 106 Å². The third-order valence-corrected chi connectivity index (χ3v) is 1.89. The predicted molar refractivity (Wildman–Crippen MR) is 61.1 cm³/mol. The molecule has 0 aromatic carbocycles. The first kappa shape index (κ1) is 16.8. The topological polar surface area (TPSA) is 91.3 Å². The minimum Gasteiger partial charge on any atom is -0.481 e. The van der Waals surface area contributed by atoms with E-state index in [-0.39, 0.29) is 32.4 Å². The van der Waals surface area contributed by atoms with Crippen LogP contribution >= 0.6 is 0 Å². The van der Waals surface area contributed by atoms with E-state index < -0.39 is 12.1 Å². The third kappa shape index (κ3) is 11.3. The van der Waals surface area contributed by atoms with E-state index in [0.29, 0.717) is 13.0 Å². The molecule has 0 saturated carbocycles. The fourth-order valence-electron chi connectivity index (χ4n) is 1.07. The van der Waals surface area contributed by atoms with E-state index in [1.54, 1.807) is 0 Å². The second-order valence-corrected chi connectivity index (χ2v) is 3.57. The van der Waals surface area contributed by atoms with Crippen LogP contribution in [-0.2, 0) is 28.5 Å². The number of hydrogen-bond donors (Lipinski definition) is 1. The lowest BCUT2D eigenvalue weighted by molar-refractivity contribution is -0.155. The SMILES string of the molecule is COCC(COC(C)=O)OCOCCCC(=O)O. The number of esters is 1. The summed E-state index contributed by atoms with van der Waals surface area (Å²) < 4.78 is 20.0. The summed E-state index contributed by atoms with van der Waals surface area (Å²) in [6.45, 7) is 2.01. The number of hydrogen-bond acceptors (Lipinski definition) is 6. The number of carboxylic acids is 1. The Morgan fingerprint density at radius 3 is 2.56 bits per heavy atom. The highest BCUT2D eigenvalue weighted by Crippen LogP contribution is 1.97. The molecule has 0 aliphatic heterocycles. The first-order valence-corrected chi connectivity index (χ1v) is 5.59. The summed E-state index contributed by atoms with van der Waals surface area (Å²) >= 11 is 0. The fraction of sp³-hybridized carbons (Fsp3) is 0.818. The number of methoxy groups -OCH3 is 1. The van der Waals surface area contributed by atoms with Gasteiger partial charge in [-0.2, -0.15) is 0 Å². The van der Waals surface area contributed by atoms with Gasteiger partial charge in [-0.25, -0.2) is 0 Å². The smallest absolute Gasteiger partial charge is 0.303 e. The molecule has 7 heteroatoms. The molecule has 0 rings (SSSR count). The molecule has 0 aromatic rings. The maximum Gasteiger partial charge on any atom is 0.303 e. The number of ether oxygens (including phenoxy) is 4. The van der Waals surface area contributed by atoms with Crippen molar-refractivity contribution < 1.29 is 33.6 Å². The molecule has 1 atom stereocenters. The standard InChI is InChI=1S/C11H20O7/c1-9(12)17-7-10(6-15-2)18-8-16-5-3-4-11(13)14/h10H,3-8H2,1-2H3,(H,13,14). The van der Waals surface area contributed by atoms with Gasteiger partial charge in [-0.1, -0.05) is 0 Å². The van der Waals surface area contributed by atoms with E-state index in [0.717, 1.165) is 0 Å². The van der Waals surface area contributed by atoms with Crippen molar-refractivity contribution in [2.24, 2.45) is 0 Å². The molecule has 0 aliphatic rings. The van der Waals surface area contributed by atoms with Crippen molar-refractivity contribution in [1.29, 1.82) is 0 Å². The van der Waals surface area contributed by atoms with Gasteiger partial charge in [0.25, 0.3) is 0 Å². The molecule has 106 valence electrons. The van der Waals surface area contributed by atoms with Gasteiger partial charge in [0.05, 0.1) is 6.61 Å². The second-order valence-electron chi connectivity index (χ2n) is 3.57. The lowest BCUT2D eigenvalue weighted by Crippen LogP contribution is -2.27. The molecule has 0 fully saturated rings. The van der Waals surface area contributed by atoms with Crippen LogP contribution in [0.5, 0.6) is 0 Å². The van der Waals surface area contributed by atoms with Crippen molar-refractivity contribution in [3.63, 3.8) is 0 Å². The van der Waals surface area contributed by atoms with Crippen molar-refractivity contribution in [1.82, 2.24) is 0 Å². The summed E-state index contributed by atoms with van der Waals surface area (Å²) in [5.74, 6) is -1.24. The van der Waals surface area contributed by atoms with E-state index in [1.165, 1.54) is 14.0 Å². The van der Waals surface area contributed by atoms with Crippen molar-refractivity contribution >= 4 is 11.9 Å². The molecular formula is C11H20O7. The van der Waals surface area contributed by atoms with Crippen molar-refractivity contribution in [2.75, 3.05) is 33.7 Å². The number of rotatable bonds is 11. The monoisotopic (exact) mass is 264 g/mol. The summed E-state index contributed by atoms with van der Waals surface area (Å²) in [5, 5.41) is 8.40. The highest BCUT2D eigenvalue weighted by atomic mass is 16.7. The number of carboxylic acid groups (broad SMARTS) is 1. The maximum absolute atomic E-state index is 10.6. The lowest BCUT2D eigenvalue weighted by Gasteiger charge is -2.16. The first-order chi connectivity index (χ1) is 8.56. The zero-order valence-electron chi connectivity index (χ0n) is 10.7. The van der Waals surface area contributed by atoms with Crippen molar-refractivity contribution in [3.8, 4) is 0 Å². The number of carbonyl (C=O) groups excluding carboxylic acids is 1. The van der Waals surface area contributed by atoms with Crippen LogP contribution in [-0.4, -0.2) is 56.9 Å². The van der Waals surface area contributed by atoms with E-state index in [1.807, 2.05) is 0 Å². The Morgan fingerprint density at radius 1 is 1.28 bits per heavy atom. The highest BCUT2D eigenvalue weighted by molar-refractivity contribution is 5.66. The van der Waals surface area contributed by atoms with Gasteiger partial charge >= 0.3 is 11.9 Å². The summed E-state index contributed by atoms with van der Waals surface area (Å²) in [5.41, 5.74) is 0. The van der Waals surface area contributed by atoms with Gasteiger partial charge in [-0.15, -0.1) is 0 Å². The Kier molecular flexibility index (Phi) is 10.2. The van der Waals surface area contributed by atoms with E-state index in [4.69, 9.17) is 24.1 Å². The second kappa shape index (κ2) is 10.9. The normalized spacial score (nSPS) is 12.1. The van der Waals surface area contributed by atoms with Crippen molar-refractivity contribution in [2.45, 2.75) is 25.9 Å². The largest absolute Gasteiger partial charge is 0.481 e. The quantitative estimate of drug-likeness (QED) is 0.328. The third-order valence-electron chi connectivity index (χ3n) is 1.89. The molecule has 7 nitrogen and oxygen atoms in total.